The van der Waals surface area contributed by atoms with E-state index in [-0.39, 0.29) is 36.5 Å². The number of hydrogen-bond donors (Lipinski definition) is 4. The molecular weight excluding hydrogens is 474 g/mol. The first kappa shape index (κ1) is 23.8. The smallest absolute Gasteiger partial charge is 0.326 e. The summed E-state index contributed by atoms with van der Waals surface area (Å²) in [5, 5.41) is 22.6. The SMILES string of the molecule is Nc1ccc2c(c1)C(=O)N(c1ccc(CC(NC(=O)C3=C(O)c4ccccc4C3)C(=O)O)cc1)C(=O)C2. The Bertz CT molecular complexity index is 1490. The van der Waals surface area contributed by atoms with Crippen LogP contribution in [0.5, 0.6) is 0 Å². The number of benzene rings is 3. The number of nitrogens with zero attached hydrogens (tertiary/aromatic N) is 1. The molecule has 1 aliphatic carbocycles. The standard InChI is InChI=1S/C28H23N3O6/c29-18-8-7-17-13-24(32)31(27(35)21(17)14-18)19-9-5-15(6-10-19)11-23(28(36)37)30-26(34)22-12-16-3-1-2-4-20(16)25(22)33/h1-10,14,23,33H,11-13,29H2,(H,30,34)(H,36,37). The fraction of sp³-hybridized carbons (Fsp3) is 0.143. The monoisotopic (exact) mass is 497 g/mol. The number of aliphatic hydroxyl groups is 1. The van der Waals surface area contributed by atoms with Gasteiger partial charge in [-0.15, -0.1) is 0 Å². The highest BCUT2D eigenvalue weighted by atomic mass is 16.4. The maximum Gasteiger partial charge on any atom is 0.326 e. The summed E-state index contributed by atoms with van der Waals surface area (Å²) in [5.41, 5.74) is 9.60. The number of aliphatic carboxylic acids is 1. The van der Waals surface area contributed by atoms with Crippen molar-refractivity contribution >= 4 is 40.8 Å². The second-order valence-corrected chi connectivity index (χ2v) is 9.02. The van der Waals surface area contributed by atoms with E-state index < -0.39 is 23.8 Å². The maximum atomic E-state index is 13.0. The lowest BCUT2D eigenvalue weighted by Crippen LogP contribution is -2.43. The second-order valence-electron chi connectivity index (χ2n) is 9.02. The minimum atomic E-state index is -1.25. The molecule has 1 unspecified atom stereocenters. The molecule has 9 nitrogen and oxygen atoms in total. The van der Waals surface area contributed by atoms with Crippen molar-refractivity contribution in [3.05, 3.63) is 100 Å². The number of fused-ring (bicyclic) bond motifs is 2. The molecule has 0 spiro atoms. The molecule has 9 heteroatoms. The Morgan fingerprint density at radius 1 is 0.946 bits per heavy atom. The van der Waals surface area contributed by atoms with Crippen LogP contribution in [0.15, 0.2) is 72.3 Å². The van der Waals surface area contributed by atoms with Gasteiger partial charge in [-0.3, -0.25) is 14.4 Å². The summed E-state index contributed by atoms with van der Waals surface area (Å²) in [6.07, 6.45) is 0.230. The van der Waals surface area contributed by atoms with Crippen LogP contribution in [0.25, 0.3) is 5.76 Å². The molecule has 0 fully saturated rings. The molecule has 1 aliphatic heterocycles. The van der Waals surface area contributed by atoms with Crippen LogP contribution >= 0.6 is 0 Å². The zero-order valence-electron chi connectivity index (χ0n) is 19.6. The summed E-state index contributed by atoms with van der Waals surface area (Å²) < 4.78 is 0. The number of nitrogen functional groups attached to an aromatic ring is 1. The lowest BCUT2D eigenvalue weighted by molar-refractivity contribution is -0.141. The van der Waals surface area contributed by atoms with Gasteiger partial charge in [0.15, 0.2) is 0 Å². The molecule has 3 aromatic rings. The van der Waals surface area contributed by atoms with E-state index in [4.69, 9.17) is 5.73 Å². The van der Waals surface area contributed by atoms with E-state index in [2.05, 4.69) is 5.32 Å². The number of nitrogens with one attached hydrogen (secondary N) is 1. The largest absolute Gasteiger partial charge is 0.507 e. The predicted octanol–water partition coefficient (Wildman–Crippen LogP) is 2.64. The summed E-state index contributed by atoms with van der Waals surface area (Å²) in [4.78, 5) is 51.5. The summed E-state index contributed by atoms with van der Waals surface area (Å²) in [7, 11) is 0. The molecular formula is C28H23N3O6. The molecule has 5 N–H and O–H groups in total. The molecule has 0 saturated heterocycles. The van der Waals surface area contributed by atoms with Crippen LogP contribution < -0.4 is 16.0 Å². The van der Waals surface area contributed by atoms with E-state index in [9.17, 15) is 29.4 Å². The molecule has 0 saturated carbocycles. The molecule has 3 aromatic carbocycles. The normalized spacial score (nSPS) is 15.3. The molecule has 2 aliphatic rings. The number of carbonyl (C=O) groups excluding carboxylic acids is 3. The predicted molar refractivity (Wildman–Crippen MR) is 136 cm³/mol. The van der Waals surface area contributed by atoms with Crippen LogP contribution in [0, 0.1) is 0 Å². The van der Waals surface area contributed by atoms with Gasteiger partial charge in [-0.05, 0) is 41.0 Å². The van der Waals surface area contributed by atoms with Crippen molar-refractivity contribution in [3.8, 4) is 0 Å². The molecule has 37 heavy (non-hydrogen) atoms. The summed E-state index contributed by atoms with van der Waals surface area (Å²) in [5.74, 6) is -2.89. The van der Waals surface area contributed by atoms with Crippen molar-refractivity contribution in [3.63, 3.8) is 0 Å². The average molecular weight is 498 g/mol. The van der Waals surface area contributed by atoms with Crippen LogP contribution in [0.4, 0.5) is 11.4 Å². The Labute approximate surface area is 211 Å². The molecule has 1 heterocycles. The Balaban J connectivity index is 1.31. The number of imide groups is 1. The van der Waals surface area contributed by atoms with Crippen LogP contribution in [0.3, 0.4) is 0 Å². The topological polar surface area (TPSA) is 150 Å². The maximum absolute atomic E-state index is 13.0. The number of carboxylic acids is 1. The van der Waals surface area contributed by atoms with Gasteiger partial charge in [0.05, 0.1) is 17.7 Å². The molecule has 186 valence electrons. The number of rotatable bonds is 6. The Hall–Kier alpha value is -4.92. The van der Waals surface area contributed by atoms with E-state index in [1.807, 2.05) is 0 Å². The molecule has 0 radical (unpaired) electrons. The van der Waals surface area contributed by atoms with Crippen molar-refractivity contribution in [2.45, 2.75) is 25.3 Å². The number of anilines is 2. The molecule has 3 amide bonds. The molecule has 0 bridgehead atoms. The highest BCUT2D eigenvalue weighted by Gasteiger charge is 2.33. The number of carbonyl (C=O) groups is 4. The highest BCUT2D eigenvalue weighted by molar-refractivity contribution is 6.24. The summed E-state index contributed by atoms with van der Waals surface area (Å²) in [6.45, 7) is 0. The summed E-state index contributed by atoms with van der Waals surface area (Å²) >= 11 is 0. The first-order chi connectivity index (χ1) is 17.7. The number of carboxylic acid groups (broad SMARTS) is 1. The number of amides is 3. The van der Waals surface area contributed by atoms with E-state index in [0.29, 0.717) is 33.6 Å². The number of nitrogens with two attached hydrogens (primary N) is 1. The zero-order chi connectivity index (χ0) is 26.3. The fourth-order valence-electron chi connectivity index (χ4n) is 4.68. The van der Waals surface area contributed by atoms with Crippen LogP contribution in [-0.2, 0) is 33.6 Å². The van der Waals surface area contributed by atoms with Crippen LogP contribution in [-0.4, -0.2) is 39.9 Å². The lowest BCUT2D eigenvalue weighted by atomic mass is 9.97. The fourth-order valence-corrected chi connectivity index (χ4v) is 4.68. The quantitative estimate of drug-likeness (QED) is 0.302. The molecule has 5 rings (SSSR count). The lowest BCUT2D eigenvalue weighted by Gasteiger charge is -2.27. The Morgan fingerprint density at radius 3 is 2.35 bits per heavy atom. The van der Waals surface area contributed by atoms with Crippen molar-refractivity contribution in [1.29, 1.82) is 0 Å². The van der Waals surface area contributed by atoms with Gasteiger partial charge in [0.25, 0.3) is 11.8 Å². The van der Waals surface area contributed by atoms with Crippen LogP contribution in [0.1, 0.15) is 32.6 Å². The van der Waals surface area contributed by atoms with Gasteiger partial charge >= 0.3 is 5.97 Å². The van der Waals surface area contributed by atoms with Crippen molar-refractivity contribution in [2.75, 3.05) is 10.6 Å². The van der Waals surface area contributed by atoms with E-state index in [0.717, 1.165) is 10.5 Å². The third-order valence-electron chi connectivity index (χ3n) is 6.60. The van der Waals surface area contributed by atoms with Gasteiger partial charge < -0.3 is 21.3 Å². The van der Waals surface area contributed by atoms with Crippen LogP contribution in [0.2, 0.25) is 0 Å². The highest BCUT2D eigenvalue weighted by Crippen LogP contribution is 2.31. The van der Waals surface area contributed by atoms with Gasteiger partial charge in [-0.25, -0.2) is 9.69 Å². The zero-order valence-corrected chi connectivity index (χ0v) is 19.6. The third-order valence-corrected chi connectivity index (χ3v) is 6.60. The third kappa shape index (κ3) is 4.42. The van der Waals surface area contributed by atoms with Crippen molar-refractivity contribution in [2.24, 2.45) is 0 Å². The van der Waals surface area contributed by atoms with Gasteiger partial charge in [-0.2, -0.15) is 0 Å². The first-order valence-corrected chi connectivity index (χ1v) is 11.6. The van der Waals surface area contributed by atoms with E-state index in [1.165, 1.54) is 0 Å². The Kier molecular flexibility index (Phi) is 5.96. The number of aliphatic hydroxyl groups excluding tert-OH is 1. The van der Waals surface area contributed by atoms with Gasteiger partial charge in [0.1, 0.15) is 11.8 Å². The van der Waals surface area contributed by atoms with E-state index in [1.54, 1.807) is 66.7 Å². The minimum Gasteiger partial charge on any atom is -0.507 e. The van der Waals surface area contributed by atoms with Crippen molar-refractivity contribution < 1.29 is 29.4 Å². The molecule has 1 atom stereocenters. The second kappa shape index (κ2) is 9.27. The molecule has 0 aromatic heterocycles. The minimum absolute atomic E-state index is 0.0381. The number of hydrogen-bond acceptors (Lipinski definition) is 6. The van der Waals surface area contributed by atoms with E-state index >= 15 is 0 Å². The Morgan fingerprint density at radius 2 is 1.65 bits per heavy atom. The van der Waals surface area contributed by atoms with Gasteiger partial charge in [-0.1, -0.05) is 42.5 Å². The van der Waals surface area contributed by atoms with Gasteiger partial charge in [0.2, 0.25) is 5.91 Å². The first-order valence-electron chi connectivity index (χ1n) is 11.6. The van der Waals surface area contributed by atoms with Gasteiger partial charge in [0, 0.05) is 29.7 Å². The average Bonchev–Trinajstić information content (AvgIpc) is 3.22. The van der Waals surface area contributed by atoms with Crippen molar-refractivity contribution in [1.82, 2.24) is 5.32 Å². The summed E-state index contributed by atoms with van der Waals surface area (Å²) in [6, 6.07) is 17.0.